The molecule has 2 aromatic rings. The van der Waals surface area contributed by atoms with Gasteiger partial charge in [-0.05, 0) is 6.92 Å². The number of hydrogen-bond donors (Lipinski definition) is 1. The van der Waals surface area contributed by atoms with Crippen LogP contribution in [-0.4, -0.2) is 26.3 Å². The van der Waals surface area contributed by atoms with E-state index in [1.807, 2.05) is 13.1 Å². The predicted molar refractivity (Wildman–Crippen MR) is 57.6 cm³/mol. The van der Waals surface area contributed by atoms with Gasteiger partial charge < -0.3 is 9.88 Å². The van der Waals surface area contributed by atoms with E-state index >= 15 is 0 Å². The SMILES string of the molecule is Cc1ncc(-c2nnc3n2CCNC3)s1. The lowest BCUT2D eigenvalue weighted by Crippen LogP contribution is -2.28. The Morgan fingerprint density at radius 1 is 1.47 bits per heavy atom. The van der Waals surface area contributed by atoms with Gasteiger partial charge in [-0.15, -0.1) is 21.5 Å². The molecule has 0 unspecified atom stereocenters. The number of aromatic nitrogens is 4. The zero-order chi connectivity index (χ0) is 10.3. The highest BCUT2D eigenvalue weighted by Gasteiger charge is 2.17. The molecule has 5 nitrogen and oxygen atoms in total. The van der Waals surface area contributed by atoms with Crippen LogP contribution in [0.15, 0.2) is 6.20 Å². The summed E-state index contributed by atoms with van der Waals surface area (Å²) in [6, 6.07) is 0. The molecule has 0 saturated heterocycles. The molecule has 78 valence electrons. The van der Waals surface area contributed by atoms with Gasteiger partial charge in [0.25, 0.3) is 0 Å². The third-order valence-electron chi connectivity index (χ3n) is 2.46. The Kier molecular flexibility index (Phi) is 2.03. The Balaban J connectivity index is 2.08. The van der Waals surface area contributed by atoms with E-state index in [9.17, 15) is 0 Å². The van der Waals surface area contributed by atoms with Crippen molar-refractivity contribution in [3.63, 3.8) is 0 Å². The number of nitrogens with one attached hydrogen (secondary N) is 1. The molecular formula is C9H11N5S. The molecule has 3 heterocycles. The maximum atomic E-state index is 4.24. The summed E-state index contributed by atoms with van der Waals surface area (Å²) >= 11 is 1.66. The molecule has 6 heteroatoms. The monoisotopic (exact) mass is 221 g/mol. The lowest BCUT2D eigenvalue weighted by atomic mass is 10.4. The van der Waals surface area contributed by atoms with Gasteiger partial charge in [0.15, 0.2) is 5.82 Å². The van der Waals surface area contributed by atoms with Crippen molar-refractivity contribution in [1.82, 2.24) is 25.1 Å². The molecule has 0 aromatic carbocycles. The van der Waals surface area contributed by atoms with Crippen molar-refractivity contribution in [2.24, 2.45) is 0 Å². The van der Waals surface area contributed by atoms with E-state index in [4.69, 9.17) is 0 Å². The molecule has 0 fully saturated rings. The molecule has 0 bridgehead atoms. The third kappa shape index (κ3) is 1.46. The first-order valence-corrected chi connectivity index (χ1v) is 5.72. The quantitative estimate of drug-likeness (QED) is 0.774. The molecule has 1 aliphatic rings. The van der Waals surface area contributed by atoms with Crippen LogP contribution in [0, 0.1) is 6.92 Å². The minimum absolute atomic E-state index is 0.810. The Labute approximate surface area is 91.2 Å². The van der Waals surface area contributed by atoms with Crippen molar-refractivity contribution >= 4 is 11.3 Å². The van der Waals surface area contributed by atoms with E-state index in [-0.39, 0.29) is 0 Å². The van der Waals surface area contributed by atoms with Gasteiger partial charge in [-0.1, -0.05) is 0 Å². The molecule has 1 N–H and O–H groups in total. The summed E-state index contributed by atoms with van der Waals surface area (Å²) in [7, 11) is 0. The van der Waals surface area contributed by atoms with Crippen LogP contribution in [0.25, 0.3) is 10.7 Å². The predicted octanol–water partition coefficient (Wildman–Crippen LogP) is 0.813. The fourth-order valence-electron chi connectivity index (χ4n) is 1.74. The highest BCUT2D eigenvalue weighted by atomic mass is 32.1. The van der Waals surface area contributed by atoms with Gasteiger partial charge in [0.2, 0.25) is 0 Å². The summed E-state index contributed by atoms with van der Waals surface area (Å²) in [6.45, 7) is 4.73. The summed E-state index contributed by atoms with van der Waals surface area (Å²) in [5.74, 6) is 1.97. The second-order valence-corrected chi connectivity index (χ2v) is 4.75. The van der Waals surface area contributed by atoms with Crippen molar-refractivity contribution in [3.8, 4) is 10.7 Å². The minimum Gasteiger partial charge on any atom is -0.308 e. The molecule has 0 aliphatic carbocycles. The smallest absolute Gasteiger partial charge is 0.175 e. The van der Waals surface area contributed by atoms with Crippen molar-refractivity contribution in [2.75, 3.05) is 6.54 Å². The molecular weight excluding hydrogens is 210 g/mol. The average molecular weight is 221 g/mol. The number of hydrogen-bond acceptors (Lipinski definition) is 5. The van der Waals surface area contributed by atoms with Crippen molar-refractivity contribution in [2.45, 2.75) is 20.0 Å². The lowest BCUT2D eigenvalue weighted by molar-refractivity contribution is 0.508. The molecule has 0 amide bonds. The van der Waals surface area contributed by atoms with E-state index in [0.717, 1.165) is 41.2 Å². The summed E-state index contributed by atoms with van der Waals surface area (Å²) in [5.41, 5.74) is 0. The normalized spacial score (nSPS) is 15.3. The van der Waals surface area contributed by atoms with Gasteiger partial charge in [0.05, 0.1) is 16.4 Å². The summed E-state index contributed by atoms with van der Waals surface area (Å²) in [5, 5.41) is 12.7. The molecule has 3 rings (SSSR count). The minimum atomic E-state index is 0.810. The molecule has 1 aliphatic heterocycles. The third-order valence-corrected chi connectivity index (χ3v) is 3.37. The van der Waals surface area contributed by atoms with Gasteiger partial charge in [-0.2, -0.15) is 0 Å². The van der Waals surface area contributed by atoms with Crippen LogP contribution in [0.4, 0.5) is 0 Å². The van der Waals surface area contributed by atoms with Gasteiger partial charge in [0, 0.05) is 19.3 Å². The van der Waals surface area contributed by atoms with E-state index in [2.05, 4.69) is 25.1 Å². The van der Waals surface area contributed by atoms with Crippen LogP contribution in [0.5, 0.6) is 0 Å². The van der Waals surface area contributed by atoms with Gasteiger partial charge in [0.1, 0.15) is 5.82 Å². The van der Waals surface area contributed by atoms with Crippen molar-refractivity contribution < 1.29 is 0 Å². The van der Waals surface area contributed by atoms with Crippen molar-refractivity contribution in [1.29, 1.82) is 0 Å². The summed E-state index contributed by atoms with van der Waals surface area (Å²) in [6.07, 6.45) is 1.87. The van der Waals surface area contributed by atoms with Gasteiger partial charge >= 0.3 is 0 Å². The molecule has 0 saturated carbocycles. The number of rotatable bonds is 1. The molecule has 0 spiro atoms. The topological polar surface area (TPSA) is 55.6 Å². The fourth-order valence-corrected chi connectivity index (χ4v) is 2.51. The standard InChI is InChI=1S/C9H11N5S/c1-6-11-4-7(15-6)9-13-12-8-5-10-2-3-14(8)9/h4,10H,2-3,5H2,1H3. The maximum Gasteiger partial charge on any atom is 0.175 e. The molecule has 0 atom stereocenters. The van der Waals surface area contributed by atoms with E-state index in [0.29, 0.717) is 0 Å². The van der Waals surface area contributed by atoms with Crippen LogP contribution >= 0.6 is 11.3 Å². The number of fused-ring (bicyclic) bond motifs is 1. The van der Waals surface area contributed by atoms with Gasteiger partial charge in [-0.25, -0.2) is 4.98 Å². The van der Waals surface area contributed by atoms with E-state index < -0.39 is 0 Å². The average Bonchev–Trinajstić information content (AvgIpc) is 2.83. The first-order valence-electron chi connectivity index (χ1n) is 4.90. The second kappa shape index (κ2) is 3.39. The Morgan fingerprint density at radius 3 is 3.20 bits per heavy atom. The first kappa shape index (κ1) is 8.99. The maximum absolute atomic E-state index is 4.24. The zero-order valence-corrected chi connectivity index (χ0v) is 9.21. The Hall–Kier alpha value is -1.27. The summed E-state index contributed by atoms with van der Waals surface area (Å²) in [4.78, 5) is 5.35. The van der Waals surface area contributed by atoms with Crippen LogP contribution in [0.1, 0.15) is 10.8 Å². The zero-order valence-electron chi connectivity index (χ0n) is 8.40. The van der Waals surface area contributed by atoms with Crippen LogP contribution in [-0.2, 0) is 13.1 Å². The lowest BCUT2D eigenvalue weighted by Gasteiger charge is -2.15. The number of aryl methyl sites for hydroxylation is 1. The second-order valence-electron chi connectivity index (χ2n) is 3.51. The summed E-state index contributed by atoms with van der Waals surface area (Å²) < 4.78 is 2.17. The van der Waals surface area contributed by atoms with Crippen LogP contribution < -0.4 is 5.32 Å². The largest absolute Gasteiger partial charge is 0.308 e. The Morgan fingerprint density at radius 2 is 2.40 bits per heavy atom. The van der Waals surface area contributed by atoms with Crippen LogP contribution in [0.2, 0.25) is 0 Å². The van der Waals surface area contributed by atoms with Gasteiger partial charge in [-0.3, -0.25) is 0 Å². The van der Waals surface area contributed by atoms with Crippen LogP contribution in [0.3, 0.4) is 0 Å². The van der Waals surface area contributed by atoms with Crippen molar-refractivity contribution in [3.05, 3.63) is 17.0 Å². The molecule has 2 aromatic heterocycles. The number of nitrogens with zero attached hydrogens (tertiary/aromatic N) is 4. The Bertz CT molecular complexity index is 486. The van der Waals surface area contributed by atoms with E-state index in [1.54, 1.807) is 11.3 Å². The highest BCUT2D eigenvalue weighted by molar-refractivity contribution is 7.14. The highest BCUT2D eigenvalue weighted by Crippen LogP contribution is 2.25. The van der Waals surface area contributed by atoms with E-state index in [1.165, 1.54) is 0 Å². The fraction of sp³-hybridized carbons (Fsp3) is 0.444. The molecule has 0 radical (unpaired) electrons. The first-order chi connectivity index (χ1) is 7.34. The molecule has 15 heavy (non-hydrogen) atoms. The number of thiazole rings is 1.